The zero-order valence-corrected chi connectivity index (χ0v) is 12.2. The summed E-state index contributed by atoms with van der Waals surface area (Å²) in [5, 5.41) is 2.06. The van der Waals surface area contributed by atoms with Gasteiger partial charge in [0.2, 0.25) is 21.8 Å². The number of hydrogen-bond acceptors (Lipinski definition) is 5. The van der Waals surface area contributed by atoms with Crippen LogP contribution >= 0.6 is 0 Å². The Morgan fingerprint density at radius 1 is 1.29 bits per heavy atom. The molecule has 1 heterocycles. The van der Waals surface area contributed by atoms with Crippen LogP contribution in [0, 0.1) is 5.82 Å². The van der Waals surface area contributed by atoms with E-state index in [1.165, 1.54) is 13.8 Å². The SMILES string of the molecule is CC1(C)C(=O)NC(=O)CN1S(=O)(=O)c1cc(N)cc(F)c1. The lowest BCUT2D eigenvalue weighted by Crippen LogP contribution is -2.65. The molecule has 21 heavy (non-hydrogen) atoms. The molecule has 1 saturated heterocycles. The van der Waals surface area contributed by atoms with E-state index < -0.39 is 44.6 Å². The number of nitrogen functional groups attached to an aromatic ring is 1. The number of nitrogens with zero attached hydrogens (tertiary/aromatic N) is 1. The van der Waals surface area contributed by atoms with E-state index in [1.54, 1.807) is 0 Å². The number of carbonyl (C=O) groups excluding carboxylic acids is 2. The molecule has 9 heteroatoms. The van der Waals surface area contributed by atoms with Gasteiger partial charge in [-0.1, -0.05) is 0 Å². The molecule has 2 rings (SSSR count). The van der Waals surface area contributed by atoms with Gasteiger partial charge in [-0.25, -0.2) is 12.8 Å². The summed E-state index contributed by atoms with van der Waals surface area (Å²) in [7, 11) is -4.25. The van der Waals surface area contributed by atoms with Crippen molar-refractivity contribution in [3.05, 3.63) is 24.0 Å². The van der Waals surface area contributed by atoms with Crippen molar-refractivity contribution in [1.82, 2.24) is 9.62 Å². The van der Waals surface area contributed by atoms with Gasteiger partial charge in [0.15, 0.2) is 0 Å². The number of anilines is 1. The van der Waals surface area contributed by atoms with Gasteiger partial charge in [0.05, 0.1) is 11.4 Å². The van der Waals surface area contributed by atoms with Crippen molar-refractivity contribution in [3.63, 3.8) is 0 Å². The Hall–Kier alpha value is -2.00. The van der Waals surface area contributed by atoms with Crippen molar-refractivity contribution >= 4 is 27.5 Å². The molecular formula is C12H14FN3O4S. The number of carbonyl (C=O) groups is 2. The van der Waals surface area contributed by atoms with E-state index in [2.05, 4.69) is 5.32 Å². The summed E-state index contributed by atoms with van der Waals surface area (Å²) in [6.45, 7) is 2.18. The van der Waals surface area contributed by atoms with Crippen molar-refractivity contribution in [2.45, 2.75) is 24.3 Å². The maximum atomic E-state index is 13.4. The first-order valence-electron chi connectivity index (χ1n) is 5.98. The Bertz CT molecular complexity index is 710. The number of halogens is 1. The van der Waals surface area contributed by atoms with Crippen LogP contribution in [0.1, 0.15) is 13.8 Å². The Kier molecular flexibility index (Phi) is 3.50. The molecule has 0 atom stereocenters. The minimum absolute atomic E-state index is 0.0702. The Balaban J connectivity index is 2.56. The van der Waals surface area contributed by atoms with Crippen molar-refractivity contribution in [1.29, 1.82) is 0 Å². The molecule has 1 aromatic carbocycles. The molecule has 3 N–H and O–H groups in total. The highest BCUT2D eigenvalue weighted by Gasteiger charge is 2.47. The number of nitrogens with one attached hydrogen (secondary N) is 1. The third-order valence-corrected chi connectivity index (χ3v) is 5.20. The first kappa shape index (κ1) is 15.4. The lowest BCUT2D eigenvalue weighted by atomic mass is 10.0. The van der Waals surface area contributed by atoms with Crippen LogP contribution in [-0.2, 0) is 19.6 Å². The molecule has 114 valence electrons. The van der Waals surface area contributed by atoms with Gasteiger partial charge in [-0.3, -0.25) is 14.9 Å². The van der Waals surface area contributed by atoms with E-state index in [0.717, 1.165) is 22.5 Å². The molecule has 1 aliphatic heterocycles. The van der Waals surface area contributed by atoms with Gasteiger partial charge in [-0.15, -0.1) is 0 Å². The predicted molar refractivity (Wildman–Crippen MR) is 71.9 cm³/mol. The lowest BCUT2D eigenvalue weighted by Gasteiger charge is -2.38. The van der Waals surface area contributed by atoms with Crippen LogP contribution in [0.4, 0.5) is 10.1 Å². The van der Waals surface area contributed by atoms with E-state index in [9.17, 15) is 22.4 Å². The molecule has 0 aliphatic carbocycles. The summed E-state index contributed by atoms with van der Waals surface area (Å²) in [6, 6.07) is 2.84. The molecule has 0 saturated carbocycles. The Morgan fingerprint density at radius 3 is 2.48 bits per heavy atom. The van der Waals surface area contributed by atoms with Crippen LogP contribution in [0.5, 0.6) is 0 Å². The monoisotopic (exact) mass is 315 g/mol. The first-order valence-corrected chi connectivity index (χ1v) is 7.42. The number of nitrogens with two attached hydrogens (primary N) is 1. The fourth-order valence-corrected chi connectivity index (χ4v) is 3.78. The zero-order valence-electron chi connectivity index (χ0n) is 11.4. The second kappa shape index (κ2) is 4.78. The zero-order chi connectivity index (χ0) is 16.0. The molecule has 0 unspecified atom stereocenters. The standard InChI is InChI=1S/C12H14FN3O4S/c1-12(2)11(18)15-10(17)6-16(12)21(19,20)9-4-7(13)3-8(14)5-9/h3-5H,6,14H2,1-2H3,(H,15,17,18). The Morgan fingerprint density at radius 2 is 1.90 bits per heavy atom. The number of imide groups is 1. The van der Waals surface area contributed by atoms with Crippen LogP contribution in [0.3, 0.4) is 0 Å². The molecule has 1 aliphatic rings. The topological polar surface area (TPSA) is 110 Å². The average molecular weight is 315 g/mol. The molecule has 7 nitrogen and oxygen atoms in total. The maximum Gasteiger partial charge on any atom is 0.247 e. The highest BCUT2D eigenvalue weighted by molar-refractivity contribution is 7.89. The molecule has 0 spiro atoms. The average Bonchev–Trinajstić information content (AvgIpc) is 2.32. The second-order valence-corrected chi connectivity index (χ2v) is 7.03. The molecule has 1 aromatic rings. The molecule has 1 fully saturated rings. The number of rotatable bonds is 2. The molecule has 2 amide bonds. The quantitative estimate of drug-likeness (QED) is 0.582. The Labute approximate surface area is 121 Å². The number of amides is 2. The van der Waals surface area contributed by atoms with Gasteiger partial charge in [0.1, 0.15) is 11.4 Å². The van der Waals surface area contributed by atoms with Gasteiger partial charge >= 0.3 is 0 Å². The van der Waals surface area contributed by atoms with Crippen LogP contribution in [-0.4, -0.2) is 36.6 Å². The summed E-state index contributed by atoms with van der Waals surface area (Å²) in [5.74, 6) is -2.31. The molecule has 0 radical (unpaired) electrons. The van der Waals surface area contributed by atoms with Gasteiger partial charge in [-0.05, 0) is 32.0 Å². The fraction of sp³-hybridized carbons (Fsp3) is 0.333. The van der Waals surface area contributed by atoms with E-state index in [1.807, 2.05) is 0 Å². The van der Waals surface area contributed by atoms with E-state index in [4.69, 9.17) is 5.73 Å². The van der Waals surface area contributed by atoms with E-state index >= 15 is 0 Å². The summed E-state index contributed by atoms with van der Waals surface area (Å²) >= 11 is 0. The minimum Gasteiger partial charge on any atom is -0.399 e. The normalized spacial score (nSPS) is 19.4. The predicted octanol–water partition coefficient (Wildman–Crippen LogP) is -0.166. The van der Waals surface area contributed by atoms with Crippen molar-refractivity contribution in [2.75, 3.05) is 12.3 Å². The van der Waals surface area contributed by atoms with Gasteiger partial charge in [-0.2, -0.15) is 4.31 Å². The third-order valence-electron chi connectivity index (χ3n) is 3.20. The lowest BCUT2D eigenvalue weighted by molar-refractivity contribution is -0.141. The van der Waals surface area contributed by atoms with Crippen molar-refractivity contribution < 1.29 is 22.4 Å². The number of sulfonamides is 1. The molecule has 0 aromatic heterocycles. The summed E-state index contributed by atoms with van der Waals surface area (Å²) in [5.41, 5.74) is 3.89. The second-order valence-electron chi connectivity index (χ2n) is 5.17. The summed E-state index contributed by atoms with van der Waals surface area (Å²) in [6.07, 6.45) is 0. The molecule has 0 bridgehead atoms. The van der Waals surface area contributed by atoms with E-state index in [0.29, 0.717) is 0 Å². The summed E-state index contributed by atoms with van der Waals surface area (Å²) < 4.78 is 39.2. The van der Waals surface area contributed by atoms with Crippen LogP contribution in [0.2, 0.25) is 0 Å². The number of hydrogen-bond donors (Lipinski definition) is 2. The first-order chi connectivity index (χ1) is 9.55. The highest BCUT2D eigenvalue weighted by atomic mass is 32.2. The van der Waals surface area contributed by atoms with Crippen molar-refractivity contribution in [2.24, 2.45) is 0 Å². The third kappa shape index (κ3) is 2.61. The smallest absolute Gasteiger partial charge is 0.247 e. The number of piperazine rings is 1. The highest BCUT2D eigenvalue weighted by Crippen LogP contribution is 2.28. The van der Waals surface area contributed by atoms with Crippen LogP contribution in [0.15, 0.2) is 23.1 Å². The van der Waals surface area contributed by atoms with Crippen LogP contribution < -0.4 is 11.1 Å². The van der Waals surface area contributed by atoms with E-state index in [-0.39, 0.29) is 5.69 Å². The molecular weight excluding hydrogens is 301 g/mol. The number of benzene rings is 1. The van der Waals surface area contributed by atoms with Gasteiger partial charge in [0, 0.05) is 5.69 Å². The fourth-order valence-electron chi connectivity index (χ4n) is 2.01. The minimum atomic E-state index is -4.25. The van der Waals surface area contributed by atoms with Crippen molar-refractivity contribution in [3.8, 4) is 0 Å². The maximum absolute atomic E-state index is 13.4. The van der Waals surface area contributed by atoms with Crippen LogP contribution in [0.25, 0.3) is 0 Å². The summed E-state index contributed by atoms with van der Waals surface area (Å²) in [4.78, 5) is 22.9. The van der Waals surface area contributed by atoms with Gasteiger partial charge in [0.25, 0.3) is 0 Å². The largest absolute Gasteiger partial charge is 0.399 e. The van der Waals surface area contributed by atoms with Gasteiger partial charge < -0.3 is 5.73 Å².